The molecule has 1 heterocycles. The second-order valence-corrected chi connectivity index (χ2v) is 7.64. The molecule has 7 nitrogen and oxygen atoms in total. The molecule has 1 aliphatic heterocycles. The van der Waals surface area contributed by atoms with Crippen LogP contribution < -0.4 is 15.0 Å². The van der Waals surface area contributed by atoms with Crippen LogP contribution in [0.15, 0.2) is 46.9 Å². The first-order chi connectivity index (χ1) is 13.9. The highest BCUT2D eigenvalue weighted by molar-refractivity contribution is 9.10. The standard InChI is InChI=1S/C21H21BrN2O5/c1-13-8-15(22)6-7-18(13)23-19(25)12-29-21(27)14-9-20(26)24(11-14)16-4-3-5-17(10-16)28-2/h3-8,10,14H,9,11-12H2,1-2H3,(H,23,25)/t14-/m0/s1. The number of carbonyl (C=O) groups is 3. The summed E-state index contributed by atoms with van der Waals surface area (Å²) in [5.74, 6) is -1.16. The highest BCUT2D eigenvalue weighted by Gasteiger charge is 2.36. The van der Waals surface area contributed by atoms with Crippen LogP contribution >= 0.6 is 15.9 Å². The van der Waals surface area contributed by atoms with Gasteiger partial charge in [-0.05, 0) is 42.8 Å². The van der Waals surface area contributed by atoms with Gasteiger partial charge in [-0.25, -0.2) is 0 Å². The number of esters is 1. The first-order valence-corrected chi connectivity index (χ1v) is 9.83. The summed E-state index contributed by atoms with van der Waals surface area (Å²) in [6, 6.07) is 12.5. The fourth-order valence-corrected chi connectivity index (χ4v) is 3.58. The lowest BCUT2D eigenvalue weighted by atomic mass is 10.1. The molecule has 0 aromatic heterocycles. The van der Waals surface area contributed by atoms with Crippen LogP contribution in [0.4, 0.5) is 11.4 Å². The summed E-state index contributed by atoms with van der Waals surface area (Å²) in [5, 5.41) is 2.71. The summed E-state index contributed by atoms with van der Waals surface area (Å²) in [5.41, 5.74) is 2.19. The third-order valence-corrected chi connectivity index (χ3v) is 5.12. The van der Waals surface area contributed by atoms with Gasteiger partial charge >= 0.3 is 5.97 Å². The SMILES string of the molecule is COc1cccc(N2C[C@@H](C(=O)OCC(=O)Nc3ccc(Br)cc3C)CC2=O)c1. The Bertz CT molecular complexity index is 946. The summed E-state index contributed by atoms with van der Waals surface area (Å²) >= 11 is 3.36. The third kappa shape index (κ3) is 5.14. The Morgan fingerprint density at radius 2 is 2.03 bits per heavy atom. The van der Waals surface area contributed by atoms with E-state index in [1.807, 2.05) is 19.1 Å². The maximum atomic E-state index is 12.3. The summed E-state index contributed by atoms with van der Waals surface area (Å²) in [4.78, 5) is 38.3. The topological polar surface area (TPSA) is 84.9 Å². The zero-order chi connectivity index (χ0) is 21.0. The molecule has 1 atom stereocenters. The van der Waals surface area contributed by atoms with E-state index in [1.54, 1.807) is 37.4 Å². The maximum absolute atomic E-state index is 12.3. The normalized spacial score (nSPS) is 15.9. The van der Waals surface area contributed by atoms with Crippen LogP contribution in [0, 0.1) is 12.8 Å². The molecule has 8 heteroatoms. The molecule has 1 aliphatic rings. The molecule has 3 rings (SSSR count). The largest absolute Gasteiger partial charge is 0.497 e. The van der Waals surface area contributed by atoms with E-state index in [0.717, 1.165) is 10.0 Å². The summed E-state index contributed by atoms with van der Waals surface area (Å²) in [6.07, 6.45) is 0.0451. The van der Waals surface area contributed by atoms with Gasteiger partial charge < -0.3 is 19.7 Å². The molecule has 152 valence electrons. The number of carbonyl (C=O) groups excluding carboxylic acids is 3. The molecule has 1 fully saturated rings. The van der Waals surface area contributed by atoms with E-state index in [-0.39, 0.29) is 18.9 Å². The zero-order valence-electron chi connectivity index (χ0n) is 16.1. The number of methoxy groups -OCH3 is 1. The van der Waals surface area contributed by atoms with Crippen molar-refractivity contribution in [1.82, 2.24) is 0 Å². The molecule has 2 aromatic carbocycles. The molecule has 29 heavy (non-hydrogen) atoms. The quantitative estimate of drug-likeness (QED) is 0.668. The summed E-state index contributed by atoms with van der Waals surface area (Å²) in [6.45, 7) is 1.67. The van der Waals surface area contributed by atoms with E-state index < -0.39 is 24.4 Å². The fourth-order valence-electron chi connectivity index (χ4n) is 3.10. The van der Waals surface area contributed by atoms with Gasteiger partial charge in [-0.3, -0.25) is 14.4 Å². The lowest BCUT2D eigenvalue weighted by molar-refractivity contribution is -0.151. The van der Waals surface area contributed by atoms with Crippen molar-refractivity contribution in [2.75, 3.05) is 30.5 Å². The number of hydrogen-bond acceptors (Lipinski definition) is 5. The molecule has 1 N–H and O–H groups in total. The molecule has 1 saturated heterocycles. The average molecular weight is 461 g/mol. The van der Waals surface area contributed by atoms with Crippen molar-refractivity contribution < 1.29 is 23.9 Å². The van der Waals surface area contributed by atoms with Crippen molar-refractivity contribution in [3.05, 3.63) is 52.5 Å². The van der Waals surface area contributed by atoms with Crippen molar-refractivity contribution in [3.63, 3.8) is 0 Å². The minimum Gasteiger partial charge on any atom is -0.497 e. The molecule has 0 aliphatic carbocycles. The van der Waals surface area contributed by atoms with Crippen LogP contribution in [0.3, 0.4) is 0 Å². The van der Waals surface area contributed by atoms with Gasteiger partial charge in [-0.2, -0.15) is 0 Å². The van der Waals surface area contributed by atoms with Gasteiger partial charge in [0.2, 0.25) is 5.91 Å². The Hall–Kier alpha value is -2.87. The second-order valence-electron chi connectivity index (χ2n) is 6.72. The van der Waals surface area contributed by atoms with Crippen LogP contribution in [0.1, 0.15) is 12.0 Å². The first-order valence-electron chi connectivity index (χ1n) is 9.04. The van der Waals surface area contributed by atoms with E-state index in [9.17, 15) is 14.4 Å². The van der Waals surface area contributed by atoms with Crippen molar-refractivity contribution >= 4 is 45.1 Å². The Balaban J connectivity index is 1.54. The molecule has 0 saturated carbocycles. The lowest BCUT2D eigenvalue weighted by Crippen LogP contribution is -2.28. The van der Waals surface area contributed by atoms with E-state index in [2.05, 4.69) is 21.2 Å². The molecule has 0 radical (unpaired) electrons. The molecular weight excluding hydrogens is 440 g/mol. The third-order valence-electron chi connectivity index (χ3n) is 4.63. The molecule has 0 bridgehead atoms. The number of nitrogens with zero attached hydrogens (tertiary/aromatic N) is 1. The second kappa shape index (κ2) is 9.09. The average Bonchev–Trinajstić information content (AvgIpc) is 3.10. The van der Waals surface area contributed by atoms with Crippen LogP contribution in [0.2, 0.25) is 0 Å². The lowest BCUT2D eigenvalue weighted by Gasteiger charge is -2.17. The summed E-state index contributed by atoms with van der Waals surface area (Å²) < 4.78 is 11.2. The van der Waals surface area contributed by atoms with E-state index in [4.69, 9.17) is 9.47 Å². The minimum absolute atomic E-state index is 0.0451. The number of benzene rings is 2. The van der Waals surface area contributed by atoms with Gasteiger partial charge in [0.05, 0.1) is 13.0 Å². The number of amides is 2. The van der Waals surface area contributed by atoms with Crippen molar-refractivity contribution in [1.29, 1.82) is 0 Å². The molecule has 2 aromatic rings. The van der Waals surface area contributed by atoms with Gasteiger partial charge in [0.15, 0.2) is 6.61 Å². The molecule has 0 unspecified atom stereocenters. The maximum Gasteiger partial charge on any atom is 0.311 e. The number of ether oxygens (including phenoxy) is 2. The Labute approximate surface area is 177 Å². The number of rotatable bonds is 6. The van der Waals surface area contributed by atoms with Crippen LogP contribution in [0.5, 0.6) is 5.75 Å². The number of anilines is 2. The molecule has 2 amide bonds. The molecule has 0 spiro atoms. The number of halogens is 1. The van der Waals surface area contributed by atoms with E-state index >= 15 is 0 Å². The van der Waals surface area contributed by atoms with E-state index in [0.29, 0.717) is 17.1 Å². The Morgan fingerprint density at radius 3 is 2.76 bits per heavy atom. The number of nitrogens with one attached hydrogen (secondary N) is 1. The Kier molecular flexibility index (Phi) is 6.53. The van der Waals surface area contributed by atoms with Crippen molar-refractivity contribution in [2.24, 2.45) is 5.92 Å². The predicted molar refractivity (Wildman–Crippen MR) is 112 cm³/mol. The van der Waals surface area contributed by atoms with Crippen molar-refractivity contribution in [3.8, 4) is 5.75 Å². The molecular formula is C21H21BrN2O5. The smallest absolute Gasteiger partial charge is 0.311 e. The monoisotopic (exact) mass is 460 g/mol. The zero-order valence-corrected chi connectivity index (χ0v) is 17.7. The predicted octanol–water partition coefficient (Wildman–Crippen LogP) is 3.30. The minimum atomic E-state index is -0.615. The fraction of sp³-hybridized carbons (Fsp3) is 0.286. The van der Waals surface area contributed by atoms with E-state index in [1.165, 1.54) is 4.90 Å². The van der Waals surface area contributed by atoms with Gasteiger partial charge in [0, 0.05) is 34.9 Å². The van der Waals surface area contributed by atoms with Gasteiger partial charge in [-0.15, -0.1) is 0 Å². The van der Waals surface area contributed by atoms with Gasteiger partial charge in [-0.1, -0.05) is 22.0 Å². The van der Waals surface area contributed by atoms with Gasteiger partial charge in [0.25, 0.3) is 5.91 Å². The first kappa shape index (κ1) is 20.9. The highest BCUT2D eigenvalue weighted by atomic mass is 79.9. The van der Waals surface area contributed by atoms with Crippen LogP contribution in [0.25, 0.3) is 0 Å². The Morgan fingerprint density at radius 1 is 1.24 bits per heavy atom. The van der Waals surface area contributed by atoms with Crippen LogP contribution in [-0.4, -0.2) is 38.0 Å². The number of hydrogen-bond donors (Lipinski definition) is 1. The number of aryl methyl sites for hydroxylation is 1. The van der Waals surface area contributed by atoms with Crippen LogP contribution in [-0.2, 0) is 19.1 Å². The highest BCUT2D eigenvalue weighted by Crippen LogP contribution is 2.28. The van der Waals surface area contributed by atoms with Gasteiger partial charge in [0.1, 0.15) is 5.75 Å². The summed E-state index contributed by atoms with van der Waals surface area (Å²) in [7, 11) is 1.55. The van der Waals surface area contributed by atoms with Crippen molar-refractivity contribution in [2.45, 2.75) is 13.3 Å².